The Bertz CT molecular complexity index is 420. The minimum Gasteiger partial charge on any atom is -0.389 e. The van der Waals surface area contributed by atoms with Gasteiger partial charge < -0.3 is 11.1 Å². The van der Waals surface area contributed by atoms with Crippen LogP contribution in [0.15, 0.2) is 18.2 Å². The normalized spacial score (nSPS) is 11.3. The first-order valence-electron chi connectivity index (χ1n) is 6.36. The van der Waals surface area contributed by atoms with E-state index in [-0.39, 0.29) is 16.3 Å². The van der Waals surface area contributed by atoms with E-state index in [0.29, 0.717) is 11.3 Å². The third-order valence-electron chi connectivity index (χ3n) is 3.69. The van der Waals surface area contributed by atoms with Crippen molar-refractivity contribution in [3.05, 3.63) is 29.6 Å². The molecule has 0 saturated heterocycles. The first-order valence-corrected chi connectivity index (χ1v) is 6.77. The smallest absolute Gasteiger partial charge is 0.135 e. The molecule has 0 spiro atoms. The maximum atomic E-state index is 13.8. The van der Waals surface area contributed by atoms with Crippen molar-refractivity contribution in [2.45, 2.75) is 45.6 Å². The molecule has 0 amide bonds. The average Bonchev–Trinajstić information content (AvgIpc) is 2.35. The first-order chi connectivity index (χ1) is 8.49. The largest absolute Gasteiger partial charge is 0.389 e. The molecular weight excluding hydrogens is 247 g/mol. The molecule has 18 heavy (non-hydrogen) atoms. The van der Waals surface area contributed by atoms with Crippen molar-refractivity contribution < 1.29 is 4.39 Å². The number of thiocarbonyl (C=S) groups is 1. The third-order valence-corrected chi connectivity index (χ3v) is 3.89. The summed E-state index contributed by atoms with van der Waals surface area (Å²) in [7, 11) is 0. The predicted molar refractivity (Wildman–Crippen MR) is 79.5 cm³/mol. The van der Waals surface area contributed by atoms with Crippen molar-refractivity contribution in [2.24, 2.45) is 5.73 Å². The molecule has 100 valence electrons. The summed E-state index contributed by atoms with van der Waals surface area (Å²) in [5.41, 5.74) is 6.58. The van der Waals surface area contributed by atoms with Gasteiger partial charge in [0.1, 0.15) is 10.8 Å². The fourth-order valence-electron chi connectivity index (χ4n) is 2.18. The van der Waals surface area contributed by atoms with Crippen molar-refractivity contribution in [1.29, 1.82) is 0 Å². The van der Waals surface area contributed by atoms with Crippen LogP contribution in [0, 0.1) is 5.82 Å². The van der Waals surface area contributed by atoms with E-state index in [4.69, 9.17) is 18.0 Å². The molecule has 1 aromatic carbocycles. The summed E-state index contributed by atoms with van der Waals surface area (Å²) < 4.78 is 13.8. The Hall–Kier alpha value is -1.16. The van der Waals surface area contributed by atoms with Gasteiger partial charge >= 0.3 is 0 Å². The number of hydrogen-bond acceptors (Lipinski definition) is 2. The molecule has 0 heterocycles. The lowest BCUT2D eigenvalue weighted by Crippen LogP contribution is -2.37. The van der Waals surface area contributed by atoms with Gasteiger partial charge in [-0.3, -0.25) is 0 Å². The highest BCUT2D eigenvalue weighted by molar-refractivity contribution is 7.80. The van der Waals surface area contributed by atoms with Crippen LogP contribution in [0.25, 0.3) is 0 Å². The van der Waals surface area contributed by atoms with E-state index in [1.165, 1.54) is 6.07 Å². The maximum absolute atomic E-state index is 13.8. The van der Waals surface area contributed by atoms with Crippen LogP contribution in [0.5, 0.6) is 0 Å². The van der Waals surface area contributed by atoms with Crippen LogP contribution in [0.4, 0.5) is 10.1 Å². The van der Waals surface area contributed by atoms with E-state index in [9.17, 15) is 4.39 Å². The van der Waals surface area contributed by atoms with Gasteiger partial charge in [-0.15, -0.1) is 0 Å². The zero-order valence-corrected chi connectivity index (χ0v) is 12.0. The van der Waals surface area contributed by atoms with E-state index in [2.05, 4.69) is 26.1 Å². The van der Waals surface area contributed by atoms with Crippen LogP contribution >= 0.6 is 12.2 Å². The molecule has 0 aliphatic rings. The molecule has 0 unspecified atom stereocenters. The zero-order valence-electron chi connectivity index (χ0n) is 11.2. The summed E-state index contributed by atoms with van der Waals surface area (Å²) in [4.78, 5) is 0.0906. The molecule has 0 radical (unpaired) electrons. The Morgan fingerprint density at radius 1 is 1.28 bits per heavy atom. The van der Waals surface area contributed by atoms with Gasteiger partial charge in [-0.05, 0) is 31.4 Å². The Kier molecular flexibility index (Phi) is 5.08. The Labute approximate surface area is 114 Å². The summed E-state index contributed by atoms with van der Waals surface area (Å²) in [5.74, 6) is -0.371. The highest BCUT2D eigenvalue weighted by atomic mass is 32.1. The summed E-state index contributed by atoms with van der Waals surface area (Å²) in [6.45, 7) is 6.37. The molecule has 1 rings (SSSR count). The van der Waals surface area contributed by atoms with Gasteiger partial charge in [-0.1, -0.05) is 39.1 Å². The van der Waals surface area contributed by atoms with Crippen molar-refractivity contribution in [1.82, 2.24) is 0 Å². The predicted octanol–water partition coefficient (Wildman–Crippen LogP) is 3.84. The minimum absolute atomic E-state index is 0.0344. The van der Waals surface area contributed by atoms with Crippen molar-refractivity contribution in [3.8, 4) is 0 Å². The number of benzene rings is 1. The highest BCUT2D eigenvalue weighted by Gasteiger charge is 2.25. The van der Waals surface area contributed by atoms with Gasteiger partial charge in [0.2, 0.25) is 0 Å². The van der Waals surface area contributed by atoms with Crippen molar-refractivity contribution >= 4 is 22.9 Å². The molecule has 0 aliphatic heterocycles. The first kappa shape index (κ1) is 14.9. The average molecular weight is 268 g/mol. The Morgan fingerprint density at radius 3 is 2.28 bits per heavy atom. The maximum Gasteiger partial charge on any atom is 0.135 e. The number of halogens is 1. The van der Waals surface area contributed by atoms with E-state index < -0.39 is 0 Å². The van der Waals surface area contributed by atoms with Crippen molar-refractivity contribution in [2.75, 3.05) is 5.32 Å². The van der Waals surface area contributed by atoms with Crippen LogP contribution in [0.3, 0.4) is 0 Å². The molecule has 0 fully saturated rings. The molecule has 4 heteroatoms. The molecule has 0 aromatic heterocycles. The van der Waals surface area contributed by atoms with Gasteiger partial charge in [0.05, 0.1) is 5.56 Å². The highest BCUT2D eigenvalue weighted by Crippen LogP contribution is 2.28. The van der Waals surface area contributed by atoms with Gasteiger partial charge in [-0.25, -0.2) is 4.39 Å². The minimum atomic E-state index is -0.371. The van der Waals surface area contributed by atoms with Crippen LogP contribution in [-0.2, 0) is 0 Å². The van der Waals surface area contributed by atoms with Gasteiger partial charge in [-0.2, -0.15) is 0 Å². The monoisotopic (exact) mass is 268 g/mol. The Balaban J connectivity index is 3.18. The summed E-state index contributed by atoms with van der Waals surface area (Å²) in [5, 5.41) is 3.42. The fourth-order valence-corrected chi connectivity index (χ4v) is 2.39. The van der Waals surface area contributed by atoms with Crippen LogP contribution < -0.4 is 11.1 Å². The molecule has 3 N–H and O–H groups in total. The SMILES string of the molecule is CCC(CC)(CC)Nc1cccc(F)c1C(N)=S. The summed E-state index contributed by atoms with van der Waals surface area (Å²) in [6.07, 6.45) is 2.90. The van der Waals surface area contributed by atoms with Gasteiger partial charge in [0.25, 0.3) is 0 Å². The number of hydrogen-bond donors (Lipinski definition) is 2. The third kappa shape index (κ3) is 2.99. The molecule has 0 aliphatic carbocycles. The lowest BCUT2D eigenvalue weighted by atomic mass is 9.89. The van der Waals surface area contributed by atoms with E-state index >= 15 is 0 Å². The summed E-state index contributed by atoms with van der Waals surface area (Å²) >= 11 is 4.93. The number of anilines is 1. The molecule has 0 bridgehead atoms. The van der Waals surface area contributed by atoms with Crippen molar-refractivity contribution in [3.63, 3.8) is 0 Å². The van der Waals surface area contributed by atoms with E-state index in [1.54, 1.807) is 6.07 Å². The second-order valence-electron chi connectivity index (χ2n) is 4.49. The van der Waals surface area contributed by atoms with Gasteiger partial charge in [0.15, 0.2) is 0 Å². The quantitative estimate of drug-likeness (QED) is 0.770. The van der Waals surface area contributed by atoms with E-state index in [0.717, 1.165) is 19.3 Å². The molecule has 0 saturated carbocycles. The number of nitrogens with one attached hydrogen (secondary N) is 1. The molecular formula is C14H21FN2S. The lowest BCUT2D eigenvalue weighted by molar-refractivity contribution is 0.420. The second-order valence-corrected chi connectivity index (χ2v) is 4.93. The van der Waals surface area contributed by atoms with Crippen LogP contribution in [0.1, 0.15) is 45.6 Å². The number of rotatable bonds is 6. The van der Waals surface area contributed by atoms with Gasteiger partial charge in [0, 0.05) is 11.2 Å². The topological polar surface area (TPSA) is 38.0 Å². The summed E-state index contributed by atoms with van der Waals surface area (Å²) in [6, 6.07) is 4.88. The Morgan fingerprint density at radius 2 is 1.83 bits per heavy atom. The number of nitrogens with two attached hydrogens (primary N) is 1. The fraction of sp³-hybridized carbons (Fsp3) is 0.500. The standard InChI is InChI=1S/C14H21FN2S/c1-4-14(5-2,6-3)17-11-9-7-8-10(15)12(11)13(16)18/h7-9,17H,4-6H2,1-3H3,(H2,16,18). The molecule has 1 aromatic rings. The van der Waals surface area contributed by atoms with E-state index in [1.807, 2.05) is 6.07 Å². The lowest BCUT2D eigenvalue weighted by Gasteiger charge is -2.33. The molecule has 0 atom stereocenters. The zero-order chi connectivity index (χ0) is 13.8. The second kappa shape index (κ2) is 6.14. The molecule has 2 nitrogen and oxygen atoms in total. The van der Waals surface area contributed by atoms with Crippen LogP contribution in [0.2, 0.25) is 0 Å². The van der Waals surface area contributed by atoms with Crippen LogP contribution in [-0.4, -0.2) is 10.5 Å².